The number of anilines is 1. The third kappa shape index (κ3) is 6.28. The highest BCUT2D eigenvalue weighted by atomic mass is 32.1. The molecule has 2 aromatic rings. The molecule has 1 aliphatic rings. The second-order valence-corrected chi connectivity index (χ2v) is 10.7. The van der Waals surface area contributed by atoms with E-state index in [9.17, 15) is 9.59 Å². The lowest BCUT2D eigenvalue weighted by Gasteiger charge is -2.35. The molecule has 1 aliphatic heterocycles. The standard InChI is InChI=1S/C28H35N3O3S/c1-17(2)16-34-26(33)23-18(3)31(7)27(35)30-24(23)20-9-8-10-22(15-20)29-25(32)19-11-13-21(14-12-19)28(4,5)6/h8-15,17,24H,16H2,1-7H3,(H,29,32)(H,30,35)/t24-/m0/s1. The summed E-state index contributed by atoms with van der Waals surface area (Å²) in [5, 5.41) is 6.73. The number of nitrogens with one attached hydrogen (secondary N) is 2. The van der Waals surface area contributed by atoms with Gasteiger partial charge in [0.2, 0.25) is 0 Å². The summed E-state index contributed by atoms with van der Waals surface area (Å²) in [7, 11) is 1.82. The first kappa shape index (κ1) is 26.4. The van der Waals surface area contributed by atoms with Crippen molar-refractivity contribution in [2.45, 2.75) is 53.0 Å². The van der Waals surface area contributed by atoms with E-state index in [-0.39, 0.29) is 23.2 Å². The maximum absolute atomic E-state index is 13.0. The van der Waals surface area contributed by atoms with Crippen molar-refractivity contribution in [1.29, 1.82) is 0 Å². The Bertz CT molecular complexity index is 1150. The number of thiocarbonyl (C=S) groups is 1. The van der Waals surface area contributed by atoms with E-state index in [0.29, 0.717) is 28.5 Å². The molecular formula is C28H35N3O3S. The van der Waals surface area contributed by atoms with Crippen LogP contribution in [-0.2, 0) is 14.9 Å². The SMILES string of the molecule is CC1=C(C(=O)OCC(C)C)[C@H](c2cccc(NC(=O)c3ccc(C(C)(C)C)cc3)c2)NC(=S)N1C. The number of benzene rings is 2. The molecule has 6 nitrogen and oxygen atoms in total. The molecule has 2 aromatic carbocycles. The molecular weight excluding hydrogens is 458 g/mol. The van der Waals surface area contributed by atoms with E-state index in [0.717, 1.165) is 11.3 Å². The number of rotatable bonds is 6. The summed E-state index contributed by atoms with van der Waals surface area (Å²) in [4.78, 5) is 27.7. The highest BCUT2D eigenvalue weighted by molar-refractivity contribution is 7.80. The summed E-state index contributed by atoms with van der Waals surface area (Å²) in [6, 6.07) is 14.6. The Kier molecular flexibility index (Phi) is 8.00. The quantitative estimate of drug-likeness (QED) is 0.405. The molecule has 1 amide bonds. The van der Waals surface area contributed by atoms with Crippen molar-refractivity contribution < 1.29 is 14.3 Å². The average molecular weight is 494 g/mol. The van der Waals surface area contributed by atoms with Gasteiger partial charge < -0.3 is 20.3 Å². The number of carbonyl (C=O) groups is 2. The number of ether oxygens (including phenoxy) is 1. The van der Waals surface area contributed by atoms with E-state index in [4.69, 9.17) is 17.0 Å². The predicted molar refractivity (Wildman–Crippen MR) is 144 cm³/mol. The molecule has 0 aromatic heterocycles. The zero-order valence-corrected chi connectivity index (χ0v) is 22.4. The van der Waals surface area contributed by atoms with Crippen LogP contribution in [0.1, 0.15) is 69.1 Å². The van der Waals surface area contributed by atoms with Gasteiger partial charge in [0.1, 0.15) is 0 Å². The van der Waals surface area contributed by atoms with E-state index in [1.807, 2.05) is 76.3 Å². The number of amides is 1. The molecule has 1 heterocycles. The minimum Gasteiger partial charge on any atom is -0.462 e. The Morgan fingerprint density at radius 2 is 1.80 bits per heavy atom. The maximum Gasteiger partial charge on any atom is 0.338 e. The molecule has 0 saturated heterocycles. The number of carbonyl (C=O) groups excluding carboxylic acids is 2. The molecule has 0 saturated carbocycles. The summed E-state index contributed by atoms with van der Waals surface area (Å²) in [6.45, 7) is 12.6. The second-order valence-electron chi connectivity index (χ2n) is 10.3. The van der Waals surface area contributed by atoms with Gasteiger partial charge in [-0.25, -0.2) is 4.79 Å². The predicted octanol–water partition coefficient (Wildman–Crippen LogP) is 5.57. The second kappa shape index (κ2) is 10.6. The van der Waals surface area contributed by atoms with Gasteiger partial charge >= 0.3 is 5.97 Å². The molecule has 7 heteroatoms. The van der Waals surface area contributed by atoms with E-state index in [2.05, 4.69) is 31.4 Å². The van der Waals surface area contributed by atoms with Crippen molar-refractivity contribution in [3.63, 3.8) is 0 Å². The first-order valence-electron chi connectivity index (χ1n) is 11.8. The highest BCUT2D eigenvalue weighted by Crippen LogP contribution is 2.32. The Morgan fingerprint density at radius 1 is 1.14 bits per heavy atom. The van der Waals surface area contributed by atoms with E-state index < -0.39 is 6.04 Å². The van der Waals surface area contributed by atoms with Crippen LogP contribution in [0.5, 0.6) is 0 Å². The molecule has 1 atom stereocenters. The summed E-state index contributed by atoms with van der Waals surface area (Å²) in [5.41, 5.74) is 4.44. The van der Waals surface area contributed by atoms with Crippen LogP contribution < -0.4 is 10.6 Å². The monoisotopic (exact) mass is 493 g/mol. The van der Waals surface area contributed by atoms with Gasteiger partial charge in [-0.1, -0.05) is 58.9 Å². The molecule has 0 radical (unpaired) electrons. The lowest BCUT2D eigenvalue weighted by atomic mass is 9.86. The molecule has 0 spiro atoms. The Labute approximate surface area is 213 Å². The van der Waals surface area contributed by atoms with Gasteiger partial charge in [-0.05, 0) is 65.9 Å². The molecule has 0 aliphatic carbocycles. The first-order valence-corrected chi connectivity index (χ1v) is 12.2. The zero-order valence-electron chi connectivity index (χ0n) is 21.6. The lowest BCUT2D eigenvalue weighted by Crippen LogP contribution is -2.46. The third-order valence-corrected chi connectivity index (χ3v) is 6.40. The number of allylic oxidation sites excluding steroid dienone is 1. The van der Waals surface area contributed by atoms with Crippen LogP contribution in [0, 0.1) is 5.92 Å². The molecule has 186 valence electrons. The minimum atomic E-state index is -0.485. The summed E-state index contributed by atoms with van der Waals surface area (Å²) < 4.78 is 5.56. The topological polar surface area (TPSA) is 70.7 Å². The average Bonchev–Trinajstić information content (AvgIpc) is 2.80. The Balaban J connectivity index is 1.86. The summed E-state index contributed by atoms with van der Waals surface area (Å²) in [6.07, 6.45) is 0. The fourth-order valence-electron chi connectivity index (χ4n) is 3.79. The normalized spacial score (nSPS) is 16.3. The van der Waals surface area contributed by atoms with Gasteiger partial charge in [0.15, 0.2) is 5.11 Å². The zero-order chi connectivity index (χ0) is 25.9. The number of hydrogen-bond donors (Lipinski definition) is 2. The molecule has 0 fully saturated rings. The minimum absolute atomic E-state index is 0.0185. The van der Waals surface area contributed by atoms with E-state index in [1.54, 1.807) is 4.90 Å². The lowest BCUT2D eigenvalue weighted by molar-refractivity contribution is -0.140. The van der Waals surface area contributed by atoms with E-state index >= 15 is 0 Å². The van der Waals surface area contributed by atoms with Crippen LogP contribution in [0.15, 0.2) is 59.8 Å². The van der Waals surface area contributed by atoms with Gasteiger partial charge in [0.25, 0.3) is 5.91 Å². The Morgan fingerprint density at radius 3 is 2.40 bits per heavy atom. The van der Waals surface area contributed by atoms with Crippen molar-refractivity contribution in [3.8, 4) is 0 Å². The third-order valence-electron chi connectivity index (χ3n) is 6.01. The maximum atomic E-state index is 13.0. The number of esters is 1. The van der Waals surface area contributed by atoms with Crippen LogP contribution in [0.4, 0.5) is 5.69 Å². The summed E-state index contributed by atoms with van der Waals surface area (Å²) in [5.74, 6) is -0.348. The van der Waals surface area contributed by atoms with Gasteiger partial charge in [-0.3, -0.25) is 4.79 Å². The van der Waals surface area contributed by atoms with Crippen molar-refractivity contribution in [2.75, 3.05) is 19.0 Å². The molecule has 0 bridgehead atoms. The molecule has 3 rings (SSSR count). The fourth-order valence-corrected chi connectivity index (χ4v) is 4.05. The van der Waals surface area contributed by atoms with Gasteiger partial charge in [0, 0.05) is 24.0 Å². The first-order chi connectivity index (χ1) is 16.4. The number of nitrogens with zero attached hydrogens (tertiary/aromatic N) is 1. The van der Waals surface area contributed by atoms with Gasteiger partial charge in [0.05, 0.1) is 18.2 Å². The van der Waals surface area contributed by atoms with Crippen molar-refractivity contribution in [2.24, 2.45) is 5.92 Å². The van der Waals surface area contributed by atoms with Crippen molar-refractivity contribution in [3.05, 3.63) is 76.5 Å². The van der Waals surface area contributed by atoms with Crippen LogP contribution in [0.25, 0.3) is 0 Å². The smallest absolute Gasteiger partial charge is 0.338 e. The van der Waals surface area contributed by atoms with Gasteiger partial charge in [-0.15, -0.1) is 0 Å². The van der Waals surface area contributed by atoms with Crippen LogP contribution in [0.2, 0.25) is 0 Å². The molecule has 35 heavy (non-hydrogen) atoms. The Hall–Kier alpha value is -3.19. The fraction of sp³-hybridized carbons (Fsp3) is 0.393. The van der Waals surface area contributed by atoms with Crippen LogP contribution >= 0.6 is 12.2 Å². The molecule has 0 unspecified atom stereocenters. The van der Waals surface area contributed by atoms with Crippen LogP contribution in [0.3, 0.4) is 0 Å². The van der Waals surface area contributed by atoms with E-state index in [1.165, 1.54) is 5.56 Å². The largest absolute Gasteiger partial charge is 0.462 e. The summed E-state index contributed by atoms with van der Waals surface area (Å²) >= 11 is 5.49. The van der Waals surface area contributed by atoms with Crippen molar-refractivity contribution in [1.82, 2.24) is 10.2 Å². The highest BCUT2D eigenvalue weighted by Gasteiger charge is 2.33. The molecule has 2 N–H and O–H groups in total. The number of hydrogen-bond acceptors (Lipinski definition) is 4. The van der Waals surface area contributed by atoms with Gasteiger partial charge in [-0.2, -0.15) is 0 Å². The van der Waals surface area contributed by atoms with Crippen molar-refractivity contribution >= 4 is 34.9 Å². The van der Waals surface area contributed by atoms with Crippen LogP contribution in [-0.4, -0.2) is 35.5 Å².